The van der Waals surface area contributed by atoms with Crippen LogP contribution in [0.25, 0.3) is 0 Å². The Morgan fingerprint density at radius 1 is 0.854 bits per heavy atom. The summed E-state index contributed by atoms with van der Waals surface area (Å²) in [5.74, 6) is 1.48. The summed E-state index contributed by atoms with van der Waals surface area (Å²) in [7, 11) is 0. The molecule has 10 rings (SSSR count). The molecule has 5 heteroatoms. The lowest BCUT2D eigenvalue weighted by Crippen LogP contribution is -2.68. The van der Waals surface area contributed by atoms with E-state index >= 15 is 0 Å². The molecule has 0 amide bonds. The van der Waals surface area contributed by atoms with Gasteiger partial charge in [0, 0.05) is 52.3 Å². The van der Waals surface area contributed by atoms with E-state index in [-0.39, 0.29) is 5.54 Å². The van der Waals surface area contributed by atoms with Gasteiger partial charge in [0.25, 0.3) is 0 Å². The third-order valence-electron chi connectivity index (χ3n) is 15.3. The molecule has 0 radical (unpaired) electrons. The highest BCUT2D eigenvalue weighted by Crippen LogP contribution is 2.69. The summed E-state index contributed by atoms with van der Waals surface area (Å²) in [5.41, 5.74) is 5.92. The van der Waals surface area contributed by atoms with Gasteiger partial charge >= 0.3 is 0 Å². The molecule has 48 heavy (non-hydrogen) atoms. The Morgan fingerprint density at radius 3 is 2.35 bits per heavy atom. The lowest BCUT2D eigenvalue weighted by Gasteiger charge is -2.60. The van der Waals surface area contributed by atoms with E-state index in [4.69, 9.17) is 0 Å². The maximum atomic E-state index is 3.23. The highest BCUT2D eigenvalue weighted by atomic mass is 32.2. The van der Waals surface area contributed by atoms with Crippen LogP contribution in [0.2, 0.25) is 5.82 Å². The first-order valence-electron chi connectivity index (χ1n) is 20.0. The van der Waals surface area contributed by atoms with Crippen molar-refractivity contribution in [1.29, 1.82) is 0 Å². The van der Waals surface area contributed by atoms with Crippen LogP contribution < -0.4 is 0 Å². The maximum Gasteiger partial charge on any atom is 0.200 e. The molecule has 0 bridgehead atoms. The van der Waals surface area contributed by atoms with Crippen molar-refractivity contribution in [2.24, 2.45) is 11.3 Å². The minimum absolute atomic E-state index is 0.258. The van der Waals surface area contributed by atoms with Gasteiger partial charge in [0.15, 0.2) is 6.71 Å². The summed E-state index contributed by atoms with van der Waals surface area (Å²) < 4.78 is 0. The van der Waals surface area contributed by atoms with E-state index in [2.05, 4.69) is 119 Å². The van der Waals surface area contributed by atoms with E-state index < -0.39 is 0 Å². The second kappa shape index (κ2) is 11.8. The minimum atomic E-state index is 0.258. The standard InChI is InChI=1S/C43H56BN3S/c1-42(2)43(27-13-6-14-28-43)33-23-15-24-34-40(33)47(42)36-26-16-25-35-39(36)44(34)41-37(46(35)32-21-11-5-12-22-32)29-38(48-41)45(30-17-7-3-8-18-30)31-19-9-4-10-20-31/h3-4,7-11,15,17,19,21-22,24,30-31,33-34,36-38,40-41H,5-6,12-14,16,18,20,23,25-29H2,1-2H3. The first kappa shape index (κ1) is 30.8. The van der Waals surface area contributed by atoms with E-state index in [9.17, 15) is 0 Å². The van der Waals surface area contributed by atoms with E-state index in [1.54, 1.807) is 5.70 Å². The van der Waals surface area contributed by atoms with Gasteiger partial charge in [-0.2, -0.15) is 0 Å². The molecule has 9 unspecified atom stereocenters. The summed E-state index contributed by atoms with van der Waals surface area (Å²) in [4.78, 5) is 9.18. The molecule has 6 aliphatic carbocycles. The van der Waals surface area contributed by atoms with E-state index in [1.165, 1.54) is 82.7 Å². The van der Waals surface area contributed by atoms with E-state index in [0.29, 0.717) is 52.6 Å². The quantitative estimate of drug-likeness (QED) is 0.220. The number of thioether (sulfide) groups is 1. The summed E-state index contributed by atoms with van der Waals surface area (Å²) in [6.07, 6.45) is 50.5. The van der Waals surface area contributed by atoms with Crippen molar-refractivity contribution < 1.29 is 0 Å². The van der Waals surface area contributed by atoms with Crippen LogP contribution in [0.3, 0.4) is 0 Å². The normalized spacial score (nSPS) is 41.6. The highest BCUT2D eigenvalue weighted by Gasteiger charge is 2.71. The summed E-state index contributed by atoms with van der Waals surface area (Å²) in [6, 6.07) is 2.87. The third kappa shape index (κ3) is 4.35. The molecule has 252 valence electrons. The van der Waals surface area contributed by atoms with Gasteiger partial charge in [0.05, 0.1) is 5.37 Å². The van der Waals surface area contributed by atoms with Gasteiger partial charge < -0.3 is 4.90 Å². The van der Waals surface area contributed by atoms with Crippen LogP contribution in [0.15, 0.2) is 95.9 Å². The van der Waals surface area contributed by atoms with Crippen LogP contribution in [0, 0.1) is 11.3 Å². The zero-order valence-corrected chi connectivity index (χ0v) is 30.2. The molecule has 3 saturated heterocycles. The molecule has 9 atom stereocenters. The topological polar surface area (TPSA) is 9.72 Å². The monoisotopic (exact) mass is 657 g/mol. The predicted octanol–water partition coefficient (Wildman–Crippen LogP) is 9.56. The van der Waals surface area contributed by atoms with Crippen LogP contribution in [-0.4, -0.2) is 67.7 Å². The Balaban J connectivity index is 1.11. The lowest BCUT2D eigenvalue weighted by molar-refractivity contribution is -0.00374. The molecule has 0 aromatic rings. The third-order valence-corrected chi connectivity index (χ3v) is 16.9. The van der Waals surface area contributed by atoms with Crippen molar-refractivity contribution in [3.05, 3.63) is 95.9 Å². The number of nitrogens with zero attached hydrogens (tertiary/aromatic N) is 3. The molecule has 0 aromatic heterocycles. The number of hydrogen-bond donors (Lipinski definition) is 0. The van der Waals surface area contributed by atoms with Crippen molar-refractivity contribution in [2.45, 2.75) is 156 Å². The fraction of sp³-hybridized carbons (Fsp3) is 0.628. The van der Waals surface area contributed by atoms with Crippen molar-refractivity contribution in [1.82, 2.24) is 14.7 Å². The van der Waals surface area contributed by atoms with Crippen LogP contribution in [0.4, 0.5) is 0 Å². The molecule has 4 fully saturated rings. The van der Waals surface area contributed by atoms with Crippen LogP contribution in [-0.2, 0) is 0 Å². The molecule has 10 aliphatic rings. The number of rotatable bonds is 4. The van der Waals surface area contributed by atoms with Gasteiger partial charge in [-0.1, -0.05) is 97.6 Å². The SMILES string of the molecule is CC1(C)N2C3CCCC4=C3B(C3C=CCC(C32)C12CCCCC2)C1SC(N(C2C=CC=CC2)C2C=CC=CC2)CC1N4C1=CCCC=C1. The molecular formula is C43H56BN3S. The van der Waals surface area contributed by atoms with E-state index in [0.717, 1.165) is 24.8 Å². The average Bonchev–Trinajstić information content (AvgIpc) is 3.64. The predicted molar refractivity (Wildman–Crippen MR) is 204 cm³/mol. The van der Waals surface area contributed by atoms with Gasteiger partial charge in [0.2, 0.25) is 0 Å². The summed E-state index contributed by atoms with van der Waals surface area (Å²) >= 11 is 2.42. The highest BCUT2D eigenvalue weighted by molar-refractivity contribution is 8.02. The number of hydrogen-bond acceptors (Lipinski definition) is 4. The fourth-order valence-corrected chi connectivity index (χ4v) is 15.6. The van der Waals surface area contributed by atoms with Crippen molar-refractivity contribution in [3.8, 4) is 0 Å². The minimum Gasteiger partial charge on any atom is -0.343 e. The molecular weight excluding hydrogens is 601 g/mol. The Hall–Kier alpha value is -1.95. The fourth-order valence-electron chi connectivity index (χ4n) is 13.5. The second-order valence-corrected chi connectivity index (χ2v) is 18.7. The molecule has 3 nitrogen and oxygen atoms in total. The average molecular weight is 658 g/mol. The first-order valence-corrected chi connectivity index (χ1v) is 21.0. The molecule has 1 saturated carbocycles. The van der Waals surface area contributed by atoms with Gasteiger partial charge in [-0.15, -0.1) is 11.8 Å². The second-order valence-electron chi connectivity index (χ2n) is 17.4. The van der Waals surface area contributed by atoms with Gasteiger partial charge in [-0.3, -0.25) is 9.80 Å². The lowest BCUT2D eigenvalue weighted by atomic mass is 9.26. The molecule has 1 spiro atoms. The van der Waals surface area contributed by atoms with E-state index in [1.807, 2.05) is 5.47 Å². The zero-order chi connectivity index (χ0) is 32.0. The molecule has 0 N–H and O–H groups in total. The van der Waals surface area contributed by atoms with Crippen molar-refractivity contribution in [3.63, 3.8) is 0 Å². The first-order chi connectivity index (χ1) is 23.6. The largest absolute Gasteiger partial charge is 0.343 e. The smallest absolute Gasteiger partial charge is 0.200 e. The van der Waals surface area contributed by atoms with Crippen LogP contribution in [0.1, 0.15) is 104 Å². The Morgan fingerprint density at radius 2 is 1.65 bits per heavy atom. The molecule has 4 aliphatic heterocycles. The molecule has 0 aromatic carbocycles. The Kier molecular flexibility index (Phi) is 7.59. The number of fused-ring (bicyclic) bond motifs is 5. The van der Waals surface area contributed by atoms with Crippen LogP contribution >= 0.6 is 11.8 Å². The van der Waals surface area contributed by atoms with Crippen molar-refractivity contribution in [2.75, 3.05) is 0 Å². The Bertz CT molecular complexity index is 1520. The van der Waals surface area contributed by atoms with Gasteiger partial charge in [-0.05, 0) is 108 Å². The maximum absolute atomic E-state index is 3.23. The summed E-state index contributed by atoms with van der Waals surface area (Å²) in [5, 5.41) is 1.17. The molecule has 4 heterocycles. The Labute approximate surface area is 295 Å². The zero-order valence-electron chi connectivity index (χ0n) is 29.4. The van der Waals surface area contributed by atoms with Crippen LogP contribution in [0.5, 0.6) is 0 Å². The van der Waals surface area contributed by atoms with Gasteiger partial charge in [0.1, 0.15) is 0 Å². The van der Waals surface area contributed by atoms with Crippen molar-refractivity contribution >= 4 is 18.5 Å². The summed E-state index contributed by atoms with van der Waals surface area (Å²) in [6.45, 7) is 6.11. The van der Waals surface area contributed by atoms with Gasteiger partial charge in [-0.25, -0.2) is 0 Å². The number of allylic oxidation sites excluding steroid dienone is 9.